The number of benzene rings is 1. The molecule has 1 aromatic heterocycles. The number of anilines is 1. The fraction of sp³-hybridized carbons (Fsp3) is 0.478. The minimum absolute atomic E-state index is 0.0277. The number of nitrogens with zero attached hydrogens (tertiary/aromatic N) is 4. The topological polar surface area (TPSA) is 87.7 Å². The summed E-state index contributed by atoms with van der Waals surface area (Å²) in [5.74, 6) is 2.44. The van der Waals surface area contributed by atoms with Gasteiger partial charge in [0, 0.05) is 57.1 Å². The van der Waals surface area contributed by atoms with Gasteiger partial charge in [0.15, 0.2) is 0 Å². The van der Waals surface area contributed by atoms with Crippen LogP contribution in [0.25, 0.3) is 0 Å². The Labute approximate surface area is 182 Å². The third kappa shape index (κ3) is 4.33. The van der Waals surface area contributed by atoms with E-state index in [-0.39, 0.29) is 17.7 Å². The maximum Gasteiger partial charge on any atom is 0.254 e. The average Bonchev–Trinajstić information content (AvgIpc) is 2.82. The van der Waals surface area contributed by atoms with Gasteiger partial charge in [-0.05, 0) is 31.0 Å². The molecule has 1 unspecified atom stereocenters. The van der Waals surface area contributed by atoms with Crippen LogP contribution in [0.1, 0.15) is 53.1 Å². The van der Waals surface area contributed by atoms with E-state index < -0.39 is 0 Å². The monoisotopic (exact) mass is 423 g/mol. The number of hydrogen-bond acceptors (Lipinski definition) is 6. The molecule has 0 spiro atoms. The third-order valence-electron chi connectivity index (χ3n) is 6.15. The van der Waals surface area contributed by atoms with Gasteiger partial charge in [0.05, 0.1) is 19.3 Å². The van der Waals surface area contributed by atoms with Gasteiger partial charge >= 0.3 is 0 Å². The number of amides is 2. The standard InChI is InChI=1S/C23H29N5O3/c1-15(29)27-10-5-7-17(13-27)21-25-20-9-11-28(14-19(20)22(24-2)26-21)23(30)16-6-4-8-18(12-16)31-3/h4,6,8,12,17H,5,7,9-11,13-14H2,1-3H3,(H,24,25,26). The van der Waals surface area contributed by atoms with Crippen LogP contribution >= 0.6 is 0 Å². The number of carbonyl (C=O) groups excluding carboxylic acids is 2. The summed E-state index contributed by atoms with van der Waals surface area (Å²) >= 11 is 0. The molecule has 2 aromatic rings. The van der Waals surface area contributed by atoms with Crippen LogP contribution in [-0.4, -0.2) is 65.4 Å². The summed E-state index contributed by atoms with van der Waals surface area (Å²) in [6.07, 6.45) is 2.62. The van der Waals surface area contributed by atoms with E-state index >= 15 is 0 Å². The van der Waals surface area contributed by atoms with Gasteiger partial charge in [0.25, 0.3) is 5.91 Å². The van der Waals surface area contributed by atoms with Crippen LogP contribution in [0.4, 0.5) is 5.82 Å². The van der Waals surface area contributed by atoms with Crippen molar-refractivity contribution >= 4 is 17.6 Å². The summed E-state index contributed by atoms with van der Waals surface area (Å²) in [6.45, 7) is 4.15. The number of piperidine rings is 1. The number of rotatable bonds is 4. The maximum atomic E-state index is 13.1. The molecule has 0 aliphatic carbocycles. The highest BCUT2D eigenvalue weighted by atomic mass is 16.5. The zero-order valence-corrected chi connectivity index (χ0v) is 18.4. The molecule has 1 fully saturated rings. The van der Waals surface area contributed by atoms with Gasteiger partial charge in [-0.15, -0.1) is 0 Å². The highest BCUT2D eigenvalue weighted by Crippen LogP contribution is 2.30. The van der Waals surface area contributed by atoms with Crippen molar-refractivity contribution in [3.05, 3.63) is 46.9 Å². The minimum Gasteiger partial charge on any atom is -0.497 e. The summed E-state index contributed by atoms with van der Waals surface area (Å²) in [6, 6.07) is 7.23. The molecule has 1 aromatic carbocycles. The molecule has 1 N–H and O–H groups in total. The van der Waals surface area contributed by atoms with Crippen molar-refractivity contribution in [1.82, 2.24) is 19.8 Å². The van der Waals surface area contributed by atoms with Crippen LogP contribution in [-0.2, 0) is 17.8 Å². The second-order valence-electron chi connectivity index (χ2n) is 8.12. The number of nitrogens with one attached hydrogen (secondary N) is 1. The predicted molar refractivity (Wildman–Crippen MR) is 117 cm³/mol. The molecular weight excluding hydrogens is 394 g/mol. The molecule has 2 aliphatic heterocycles. The first-order chi connectivity index (χ1) is 15.0. The van der Waals surface area contributed by atoms with Crippen molar-refractivity contribution in [2.24, 2.45) is 0 Å². The molecule has 4 rings (SSSR count). The molecule has 3 heterocycles. The van der Waals surface area contributed by atoms with Gasteiger partial charge in [0.2, 0.25) is 5.91 Å². The van der Waals surface area contributed by atoms with E-state index in [0.29, 0.717) is 37.4 Å². The first-order valence-corrected chi connectivity index (χ1v) is 10.8. The van der Waals surface area contributed by atoms with E-state index in [0.717, 1.165) is 42.3 Å². The summed E-state index contributed by atoms with van der Waals surface area (Å²) in [4.78, 5) is 38.3. The van der Waals surface area contributed by atoms with Crippen molar-refractivity contribution < 1.29 is 14.3 Å². The first-order valence-electron chi connectivity index (χ1n) is 10.8. The van der Waals surface area contributed by atoms with Crippen molar-refractivity contribution in [1.29, 1.82) is 0 Å². The van der Waals surface area contributed by atoms with Gasteiger partial charge < -0.3 is 19.9 Å². The lowest BCUT2D eigenvalue weighted by Gasteiger charge is -2.33. The molecule has 8 nitrogen and oxygen atoms in total. The number of ether oxygens (including phenoxy) is 1. The highest BCUT2D eigenvalue weighted by molar-refractivity contribution is 5.94. The lowest BCUT2D eigenvalue weighted by Crippen LogP contribution is -2.39. The third-order valence-corrected chi connectivity index (χ3v) is 6.15. The van der Waals surface area contributed by atoms with Gasteiger partial charge in [0.1, 0.15) is 17.4 Å². The molecular formula is C23H29N5O3. The van der Waals surface area contributed by atoms with E-state index in [2.05, 4.69) is 5.32 Å². The summed E-state index contributed by atoms with van der Waals surface area (Å²) in [5, 5.41) is 3.20. The van der Waals surface area contributed by atoms with Gasteiger partial charge in [-0.3, -0.25) is 9.59 Å². The van der Waals surface area contributed by atoms with Crippen molar-refractivity contribution in [3.8, 4) is 5.75 Å². The molecule has 0 saturated carbocycles. The number of carbonyl (C=O) groups is 2. The van der Waals surface area contributed by atoms with Gasteiger partial charge in [-0.1, -0.05) is 6.07 Å². The lowest BCUT2D eigenvalue weighted by molar-refractivity contribution is -0.130. The molecule has 1 atom stereocenters. The van der Waals surface area contributed by atoms with Crippen LogP contribution in [0.3, 0.4) is 0 Å². The average molecular weight is 424 g/mol. The first kappa shape index (κ1) is 21.1. The zero-order valence-electron chi connectivity index (χ0n) is 18.4. The zero-order chi connectivity index (χ0) is 22.0. The Morgan fingerprint density at radius 1 is 1.19 bits per heavy atom. The lowest BCUT2D eigenvalue weighted by atomic mass is 9.96. The quantitative estimate of drug-likeness (QED) is 0.813. The molecule has 2 aliphatic rings. The molecule has 0 radical (unpaired) electrons. The fourth-order valence-electron chi connectivity index (χ4n) is 4.41. The number of aromatic nitrogens is 2. The highest BCUT2D eigenvalue weighted by Gasteiger charge is 2.30. The Morgan fingerprint density at radius 3 is 2.77 bits per heavy atom. The predicted octanol–water partition coefficient (Wildman–Crippen LogP) is 2.45. The fourth-order valence-corrected chi connectivity index (χ4v) is 4.41. The minimum atomic E-state index is -0.0277. The molecule has 1 saturated heterocycles. The van der Waals surface area contributed by atoms with Crippen LogP contribution in [0, 0.1) is 0 Å². The van der Waals surface area contributed by atoms with Crippen LogP contribution in [0.15, 0.2) is 24.3 Å². The molecule has 2 amide bonds. The van der Waals surface area contributed by atoms with Crippen molar-refractivity contribution in [2.45, 2.75) is 38.6 Å². The van der Waals surface area contributed by atoms with Crippen LogP contribution < -0.4 is 10.1 Å². The molecule has 0 bridgehead atoms. The van der Waals surface area contributed by atoms with Crippen molar-refractivity contribution in [3.63, 3.8) is 0 Å². The largest absolute Gasteiger partial charge is 0.497 e. The van der Waals surface area contributed by atoms with Crippen LogP contribution in [0.5, 0.6) is 5.75 Å². The van der Waals surface area contributed by atoms with E-state index in [4.69, 9.17) is 14.7 Å². The number of fused-ring (bicyclic) bond motifs is 1. The van der Waals surface area contributed by atoms with E-state index in [1.54, 1.807) is 20.1 Å². The SMILES string of the molecule is CNc1nc(C2CCCN(C(C)=O)C2)nc2c1CN(C(=O)c1cccc(OC)c1)CC2. The van der Waals surface area contributed by atoms with Gasteiger partial charge in [-0.2, -0.15) is 0 Å². The summed E-state index contributed by atoms with van der Waals surface area (Å²) < 4.78 is 5.25. The van der Waals surface area contributed by atoms with E-state index in [1.165, 1.54) is 0 Å². The number of hydrogen-bond donors (Lipinski definition) is 1. The molecule has 8 heteroatoms. The number of likely N-dealkylation sites (tertiary alicyclic amines) is 1. The molecule has 31 heavy (non-hydrogen) atoms. The van der Waals surface area contributed by atoms with Crippen LogP contribution in [0.2, 0.25) is 0 Å². The van der Waals surface area contributed by atoms with E-state index in [9.17, 15) is 9.59 Å². The molecule has 164 valence electrons. The number of methoxy groups -OCH3 is 1. The summed E-state index contributed by atoms with van der Waals surface area (Å²) in [5.41, 5.74) is 2.56. The Balaban J connectivity index is 1.57. The van der Waals surface area contributed by atoms with Crippen molar-refractivity contribution in [2.75, 3.05) is 39.1 Å². The van der Waals surface area contributed by atoms with Gasteiger partial charge in [-0.25, -0.2) is 9.97 Å². The smallest absolute Gasteiger partial charge is 0.254 e. The second kappa shape index (κ2) is 8.91. The second-order valence-corrected chi connectivity index (χ2v) is 8.12. The Morgan fingerprint density at radius 2 is 2.03 bits per heavy atom. The summed E-state index contributed by atoms with van der Waals surface area (Å²) in [7, 11) is 3.44. The normalized spacial score (nSPS) is 18.4. The maximum absolute atomic E-state index is 13.1. The Kier molecular flexibility index (Phi) is 6.06. The Bertz CT molecular complexity index is 976. The Hall–Kier alpha value is -3.16. The van der Waals surface area contributed by atoms with E-state index in [1.807, 2.05) is 35.0 Å².